The maximum absolute atomic E-state index is 12.3. The molecule has 0 spiro atoms. The molecule has 0 aromatic rings. The van der Waals surface area contributed by atoms with Gasteiger partial charge < -0.3 is 14.6 Å². The molecule has 0 aromatic heterocycles. The highest BCUT2D eigenvalue weighted by atomic mass is 16.6. The Kier molecular flexibility index (Phi) is 67.7. The normalized spacial score (nSPS) is 12.3. The van der Waals surface area contributed by atoms with Gasteiger partial charge in [0.25, 0.3) is 0 Å². The van der Waals surface area contributed by atoms with E-state index in [9.17, 15) is 14.7 Å². The molecule has 0 bridgehead atoms. The molecule has 0 amide bonds. The van der Waals surface area contributed by atoms with Crippen molar-refractivity contribution in [2.45, 2.75) is 405 Å². The number of ether oxygens (including phenoxy) is 2. The van der Waals surface area contributed by atoms with E-state index in [1.165, 1.54) is 327 Å². The predicted molar refractivity (Wildman–Crippen MR) is 344 cm³/mol. The van der Waals surface area contributed by atoms with Crippen LogP contribution in [0.5, 0.6) is 0 Å². The van der Waals surface area contributed by atoms with Gasteiger partial charge >= 0.3 is 11.9 Å². The van der Waals surface area contributed by atoms with Gasteiger partial charge in [0.2, 0.25) is 0 Å². The molecular weight excluding hydrogens is 957 g/mol. The summed E-state index contributed by atoms with van der Waals surface area (Å²) in [5.74, 6) is -0.574. The summed E-state index contributed by atoms with van der Waals surface area (Å²) in [6.07, 6.45) is 92.0. The number of esters is 2. The van der Waals surface area contributed by atoms with Gasteiger partial charge in [0.05, 0.1) is 6.61 Å². The molecule has 0 heterocycles. The fourth-order valence-corrected chi connectivity index (χ4v) is 11.1. The molecule has 0 saturated carbocycles. The van der Waals surface area contributed by atoms with Crippen LogP contribution in [0.1, 0.15) is 399 Å². The van der Waals surface area contributed by atoms with Gasteiger partial charge in [-0.15, -0.1) is 0 Å². The summed E-state index contributed by atoms with van der Waals surface area (Å²) in [5.41, 5.74) is 0. The van der Waals surface area contributed by atoms with E-state index in [0.717, 1.165) is 44.9 Å². The van der Waals surface area contributed by atoms with Crippen molar-refractivity contribution in [2.24, 2.45) is 0 Å². The molecule has 1 atom stereocenters. The van der Waals surface area contributed by atoms with Gasteiger partial charge in [0.1, 0.15) is 6.61 Å². The number of aliphatic hydroxyl groups is 1. The maximum Gasteiger partial charge on any atom is 0.306 e. The number of rotatable bonds is 67. The molecule has 0 aromatic carbocycles. The minimum atomic E-state index is -0.774. The SMILES string of the molecule is CCCCCCC/C=C\C/C=C\C/C=C\CCCCCCCCCCCCC(=O)OC(CO)COC(=O)CCCCCCCCCCCCCCCCCCCCCCCCCCCCCCCCCCCCCCCCC. The van der Waals surface area contributed by atoms with E-state index in [1.807, 2.05) is 0 Å². The Morgan fingerprint density at radius 2 is 0.513 bits per heavy atom. The first-order valence-corrected chi connectivity index (χ1v) is 35.5. The molecule has 0 fully saturated rings. The van der Waals surface area contributed by atoms with Crippen molar-refractivity contribution in [2.75, 3.05) is 13.2 Å². The quantitative estimate of drug-likeness (QED) is 0.0373. The number of carbonyl (C=O) groups excluding carboxylic acids is 2. The molecule has 0 aliphatic heterocycles. The number of hydrogen-bond acceptors (Lipinski definition) is 5. The molecular formula is C73H138O5. The van der Waals surface area contributed by atoms with E-state index in [2.05, 4.69) is 50.3 Å². The monoisotopic (exact) mass is 1100 g/mol. The van der Waals surface area contributed by atoms with Crippen LogP contribution in [0.25, 0.3) is 0 Å². The highest BCUT2D eigenvalue weighted by molar-refractivity contribution is 5.70. The summed E-state index contributed by atoms with van der Waals surface area (Å²) in [6.45, 7) is 4.19. The zero-order chi connectivity index (χ0) is 56.2. The minimum Gasteiger partial charge on any atom is -0.462 e. The topological polar surface area (TPSA) is 72.8 Å². The lowest BCUT2D eigenvalue weighted by atomic mass is 10.0. The molecule has 5 heteroatoms. The van der Waals surface area contributed by atoms with Crippen molar-refractivity contribution in [1.82, 2.24) is 0 Å². The number of unbranched alkanes of at least 4 members (excludes halogenated alkanes) is 53. The minimum absolute atomic E-state index is 0.0627. The first-order valence-electron chi connectivity index (χ1n) is 35.5. The third kappa shape index (κ3) is 66.6. The van der Waals surface area contributed by atoms with E-state index in [1.54, 1.807) is 0 Å². The van der Waals surface area contributed by atoms with Gasteiger partial charge in [-0.1, -0.05) is 371 Å². The summed E-state index contributed by atoms with van der Waals surface area (Å²) in [4.78, 5) is 24.6. The van der Waals surface area contributed by atoms with Crippen LogP contribution in [0.4, 0.5) is 0 Å². The average Bonchev–Trinajstić information content (AvgIpc) is 3.44. The molecule has 78 heavy (non-hydrogen) atoms. The summed E-state index contributed by atoms with van der Waals surface area (Å²) >= 11 is 0. The Balaban J connectivity index is 3.37. The second kappa shape index (κ2) is 69.4. The lowest BCUT2D eigenvalue weighted by Crippen LogP contribution is -2.28. The number of hydrogen-bond donors (Lipinski definition) is 1. The van der Waals surface area contributed by atoms with Gasteiger partial charge in [0.15, 0.2) is 6.10 Å². The maximum atomic E-state index is 12.3. The lowest BCUT2D eigenvalue weighted by molar-refractivity contribution is -0.161. The number of allylic oxidation sites excluding steroid dienone is 6. The van der Waals surface area contributed by atoms with Gasteiger partial charge in [-0.3, -0.25) is 9.59 Å². The molecule has 0 saturated heterocycles. The Hall–Kier alpha value is -1.88. The van der Waals surface area contributed by atoms with Crippen molar-refractivity contribution >= 4 is 11.9 Å². The van der Waals surface area contributed by atoms with Crippen LogP contribution in [0.15, 0.2) is 36.5 Å². The Morgan fingerprint density at radius 1 is 0.295 bits per heavy atom. The van der Waals surface area contributed by atoms with Crippen molar-refractivity contribution in [3.63, 3.8) is 0 Å². The zero-order valence-electron chi connectivity index (χ0n) is 53.0. The zero-order valence-corrected chi connectivity index (χ0v) is 53.0. The molecule has 5 nitrogen and oxygen atoms in total. The molecule has 0 aliphatic carbocycles. The van der Waals surface area contributed by atoms with E-state index in [4.69, 9.17) is 9.47 Å². The van der Waals surface area contributed by atoms with Crippen LogP contribution in [0, 0.1) is 0 Å². The van der Waals surface area contributed by atoms with Crippen LogP contribution in [-0.4, -0.2) is 36.4 Å². The van der Waals surface area contributed by atoms with Crippen molar-refractivity contribution < 1.29 is 24.2 Å². The molecule has 0 rings (SSSR count). The number of carbonyl (C=O) groups is 2. The summed E-state index contributed by atoms with van der Waals surface area (Å²) in [6, 6.07) is 0. The largest absolute Gasteiger partial charge is 0.462 e. The van der Waals surface area contributed by atoms with Crippen LogP contribution >= 0.6 is 0 Å². The van der Waals surface area contributed by atoms with Crippen molar-refractivity contribution in [3.8, 4) is 0 Å². The highest BCUT2D eigenvalue weighted by Crippen LogP contribution is 2.19. The third-order valence-electron chi connectivity index (χ3n) is 16.4. The molecule has 0 radical (unpaired) electrons. The van der Waals surface area contributed by atoms with E-state index in [-0.39, 0.29) is 25.2 Å². The van der Waals surface area contributed by atoms with Crippen LogP contribution in [-0.2, 0) is 19.1 Å². The Morgan fingerprint density at radius 3 is 0.769 bits per heavy atom. The first kappa shape index (κ1) is 76.1. The van der Waals surface area contributed by atoms with E-state index < -0.39 is 6.10 Å². The third-order valence-corrected chi connectivity index (χ3v) is 16.4. The molecule has 1 N–H and O–H groups in total. The second-order valence-electron chi connectivity index (χ2n) is 24.3. The van der Waals surface area contributed by atoms with Crippen LogP contribution in [0.3, 0.4) is 0 Å². The van der Waals surface area contributed by atoms with E-state index in [0.29, 0.717) is 12.8 Å². The smallest absolute Gasteiger partial charge is 0.306 e. The fourth-order valence-electron chi connectivity index (χ4n) is 11.1. The molecule has 460 valence electrons. The summed E-state index contributed by atoms with van der Waals surface area (Å²) in [7, 11) is 0. The predicted octanol–water partition coefficient (Wildman–Crippen LogP) is 24.5. The molecule has 1 unspecified atom stereocenters. The van der Waals surface area contributed by atoms with E-state index >= 15 is 0 Å². The van der Waals surface area contributed by atoms with Gasteiger partial charge in [-0.25, -0.2) is 0 Å². The lowest BCUT2D eigenvalue weighted by Gasteiger charge is -2.15. The van der Waals surface area contributed by atoms with Crippen LogP contribution in [0.2, 0.25) is 0 Å². The fraction of sp³-hybridized carbons (Fsp3) is 0.890. The molecule has 0 aliphatic rings. The summed E-state index contributed by atoms with van der Waals surface area (Å²) in [5, 5.41) is 9.69. The first-order chi connectivity index (χ1) is 38.6. The van der Waals surface area contributed by atoms with Gasteiger partial charge in [0, 0.05) is 12.8 Å². The second-order valence-corrected chi connectivity index (χ2v) is 24.3. The van der Waals surface area contributed by atoms with Crippen molar-refractivity contribution in [3.05, 3.63) is 36.5 Å². The highest BCUT2D eigenvalue weighted by Gasteiger charge is 2.16. The summed E-state index contributed by atoms with van der Waals surface area (Å²) < 4.78 is 10.8. The standard InChI is InChI=1S/C73H138O5/c1-3-5-7-9-11-13-15-17-19-21-23-25-27-29-30-31-32-33-34-35-36-37-38-39-40-41-42-44-45-47-49-51-53-55-57-59-61-63-65-67-72(75)77-70-71(69-74)78-73(76)68-66-64-62-60-58-56-54-52-50-48-46-43-28-26-24-22-20-18-16-14-12-10-8-6-4-2/h16,18,22,24,28,43,71,74H,3-15,17,19-21,23,25-27,29-42,44-70H2,1-2H3/b18-16-,24-22-,43-28-. The van der Waals surface area contributed by atoms with Crippen molar-refractivity contribution in [1.29, 1.82) is 0 Å². The Labute approximate surface area is 488 Å². The Bertz CT molecular complexity index is 1240. The van der Waals surface area contributed by atoms with Gasteiger partial charge in [-0.2, -0.15) is 0 Å². The number of aliphatic hydroxyl groups excluding tert-OH is 1. The van der Waals surface area contributed by atoms with Gasteiger partial charge in [-0.05, 0) is 51.4 Å². The van der Waals surface area contributed by atoms with Crippen LogP contribution < -0.4 is 0 Å². The average molecular weight is 1100 g/mol.